The molecule has 0 spiro atoms. The largest absolute Gasteiger partial charge is 0.399 e. The van der Waals surface area contributed by atoms with Crippen LogP contribution in [0.5, 0.6) is 0 Å². The van der Waals surface area contributed by atoms with Crippen LogP contribution in [-0.2, 0) is 9.84 Å². The molecule has 0 radical (unpaired) electrons. The summed E-state index contributed by atoms with van der Waals surface area (Å²) in [6, 6.07) is 10.1. The highest BCUT2D eigenvalue weighted by Crippen LogP contribution is 2.27. The van der Waals surface area contributed by atoms with E-state index in [1.807, 2.05) is 0 Å². The maximum atomic E-state index is 11.8. The molecule has 0 amide bonds. The number of fused-ring (bicyclic) bond motifs is 1. The number of nitrogens with two attached hydrogens (primary N) is 2. The quantitative estimate of drug-likeness (QED) is 0.624. The maximum Gasteiger partial charge on any atom is 0.177 e. The van der Waals surface area contributed by atoms with Crippen LogP contribution < -0.4 is 11.5 Å². The molecule has 2 aromatic carbocycles. The first-order valence-electron chi connectivity index (χ1n) is 6.20. The van der Waals surface area contributed by atoms with Gasteiger partial charge in [-0.15, -0.1) is 0 Å². The third-order valence-electron chi connectivity index (χ3n) is 3.13. The second-order valence-electron chi connectivity index (χ2n) is 4.90. The summed E-state index contributed by atoms with van der Waals surface area (Å²) in [5.41, 5.74) is 14.4. The molecular weight excluding hydrogens is 288 g/mol. The molecule has 0 atom stereocenters. The molecule has 21 heavy (non-hydrogen) atoms. The Hall–Kier alpha value is -2.54. The summed E-state index contributed by atoms with van der Waals surface area (Å²) in [4.78, 5) is 7.67. The van der Waals surface area contributed by atoms with E-state index in [9.17, 15) is 8.42 Å². The average Bonchev–Trinajstić information content (AvgIpc) is 2.79. The number of sulfone groups is 1. The van der Waals surface area contributed by atoms with E-state index < -0.39 is 9.84 Å². The summed E-state index contributed by atoms with van der Waals surface area (Å²) in [5, 5.41) is 0. The number of nitrogens with zero attached hydrogens (tertiary/aromatic N) is 1. The molecule has 3 aromatic rings. The lowest BCUT2D eigenvalue weighted by atomic mass is 10.1. The lowest BCUT2D eigenvalue weighted by Crippen LogP contribution is -1.97. The van der Waals surface area contributed by atoms with Crippen LogP contribution in [0.1, 0.15) is 0 Å². The molecular formula is C14H14N4O2S. The van der Waals surface area contributed by atoms with Gasteiger partial charge in [0.05, 0.1) is 10.4 Å². The van der Waals surface area contributed by atoms with E-state index in [1.54, 1.807) is 30.3 Å². The molecule has 6 nitrogen and oxygen atoms in total. The number of imidazole rings is 1. The van der Waals surface area contributed by atoms with Crippen LogP contribution in [0.15, 0.2) is 41.3 Å². The Bertz CT molecular complexity index is 925. The third-order valence-corrected chi connectivity index (χ3v) is 4.25. The predicted molar refractivity (Wildman–Crippen MR) is 83.5 cm³/mol. The van der Waals surface area contributed by atoms with Gasteiger partial charge in [-0.2, -0.15) is 0 Å². The Morgan fingerprint density at radius 3 is 2.38 bits per heavy atom. The Morgan fingerprint density at radius 2 is 1.76 bits per heavy atom. The van der Waals surface area contributed by atoms with Gasteiger partial charge in [0.1, 0.15) is 11.3 Å². The Kier molecular flexibility index (Phi) is 2.87. The molecule has 1 heterocycles. The van der Waals surface area contributed by atoms with Crippen LogP contribution in [0, 0.1) is 0 Å². The van der Waals surface area contributed by atoms with E-state index in [0.717, 1.165) is 6.26 Å². The van der Waals surface area contributed by atoms with Gasteiger partial charge in [-0.1, -0.05) is 6.07 Å². The van der Waals surface area contributed by atoms with Gasteiger partial charge in [-0.25, -0.2) is 13.4 Å². The van der Waals surface area contributed by atoms with Crippen molar-refractivity contribution in [3.63, 3.8) is 0 Å². The van der Waals surface area contributed by atoms with Crippen molar-refractivity contribution in [2.24, 2.45) is 0 Å². The first-order valence-corrected chi connectivity index (χ1v) is 8.09. The summed E-state index contributed by atoms with van der Waals surface area (Å²) in [6.07, 6.45) is 1.16. The SMILES string of the molecule is CS(=O)(=O)c1cccc2[nH]c(-c3cc(N)cc(N)c3)nc12. The number of aromatic amines is 1. The molecule has 3 rings (SSSR count). The molecule has 0 saturated heterocycles. The fourth-order valence-electron chi connectivity index (χ4n) is 2.26. The van der Waals surface area contributed by atoms with Crippen molar-refractivity contribution < 1.29 is 8.42 Å². The minimum absolute atomic E-state index is 0.194. The summed E-state index contributed by atoms with van der Waals surface area (Å²) in [6.45, 7) is 0. The van der Waals surface area contributed by atoms with E-state index in [-0.39, 0.29) is 4.90 Å². The van der Waals surface area contributed by atoms with Gasteiger partial charge in [0, 0.05) is 23.2 Å². The number of hydrogen-bond acceptors (Lipinski definition) is 5. The average molecular weight is 302 g/mol. The Labute approximate surface area is 121 Å². The van der Waals surface area contributed by atoms with Crippen molar-refractivity contribution in [1.29, 1.82) is 0 Å². The summed E-state index contributed by atoms with van der Waals surface area (Å²) >= 11 is 0. The fourth-order valence-corrected chi connectivity index (χ4v) is 3.09. The lowest BCUT2D eigenvalue weighted by molar-refractivity contribution is 0.602. The van der Waals surface area contributed by atoms with Crippen molar-refractivity contribution >= 4 is 32.2 Å². The third kappa shape index (κ3) is 2.43. The standard InChI is InChI=1S/C14H14N4O2S/c1-21(19,20)12-4-2-3-11-13(12)18-14(17-11)8-5-9(15)7-10(16)6-8/h2-7H,15-16H2,1H3,(H,17,18). The number of rotatable bonds is 2. The smallest absolute Gasteiger partial charge is 0.177 e. The zero-order valence-corrected chi connectivity index (χ0v) is 12.1. The Balaban J connectivity index is 2.27. The molecule has 0 unspecified atom stereocenters. The van der Waals surface area contributed by atoms with Gasteiger partial charge < -0.3 is 16.5 Å². The second-order valence-corrected chi connectivity index (χ2v) is 6.88. The molecule has 0 aliphatic rings. The van der Waals surface area contributed by atoms with Crippen LogP contribution >= 0.6 is 0 Å². The number of para-hydroxylation sites is 1. The second kappa shape index (κ2) is 4.49. The molecule has 5 N–H and O–H groups in total. The summed E-state index contributed by atoms with van der Waals surface area (Å²) < 4.78 is 23.6. The number of aromatic nitrogens is 2. The van der Waals surface area contributed by atoms with Crippen LogP contribution in [0.3, 0.4) is 0 Å². The summed E-state index contributed by atoms with van der Waals surface area (Å²) in [7, 11) is -3.35. The van der Waals surface area contributed by atoms with E-state index >= 15 is 0 Å². The minimum atomic E-state index is -3.35. The molecule has 0 aliphatic carbocycles. The Morgan fingerprint density at radius 1 is 1.10 bits per heavy atom. The van der Waals surface area contributed by atoms with Crippen molar-refractivity contribution in [2.75, 3.05) is 17.7 Å². The number of nitrogens with one attached hydrogen (secondary N) is 1. The van der Waals surface area contributed by atoms with Crippen LogP contribution in [0.25, 0.3) is 22.4 Å². The number of anilines is 2. The molecule has 7 heteroatoms. The molecule has 0 fully saturated rings. The molecule has 108 valence electrons. The minimum Gasteiger partial charge on any atom is -0.399 e. The highest BCUT2D eigenvalue weighted by molar-refractivity contribution is 7.91. The van der Waals surface area contributed by atoms with E-state index in [2.05, 4.69) is 9.97 Å². The van der Waals surface area contributed by atoms with Crippen molar-refractivity contribution in [3.05, 3.63) is 36.4 Å². The first kappa shape index (κ1) is 13.4. The number of hydrogen-bond donors (Lipinski definition) is 3. The predicted octanol–water partition coefficient (Wildman–Crippen LogP) is 1.80. The fraction of sp³-hybridized carbons (Fsp3) is 0.0714. The highest BCUT2D eigenvalue weighted by Gasteiger charge is 2.15. The molecule has 0 saturated carbocycles. The van der Waals surface area contributed by atoms with Gasteiger partial charge >= 0.3 is 0 Å². The topological polar surface area (TPSA) is 115 Å². The zero-order valence-electron chi connectivity index (χ0n) is 11.3. The van der Waals surface area contributed by atoms with Gasteiger partial charge in [0.25, 0.3) is 0 Å². The van der Waals surface area contributed by atoms with Crippen molar-refractivity contribution in [3.8, 4) is 11.4 Å². The number of benzene rings is 2. The summed E-state index contributed by atoms with van der Waals surface area (Å²) in [5.74, 6) is 0.528. The van der Waals surface area contributed by atoms with Crippen LogP contribution in [0.2, 0.25) is 0 Å². The normalized spacial score (nSPS) is 11.9. The van der Waals surface area contributed by atoms with Gasteiger partial charge in [0.15, 0.2) is 9.84 Å². The molecule has 0 aliphatic heterocycles. The van der Waals surface area contributed by atoms with Gasteiger partial charge in [-0.05, 0) is 30.3 Å². The van der Waals surface area contributed by atoms with E-state index in [4.69, 9.17) is 11.5 Å². The van der Waals surface area contributed by atoms with Gasteiger partial charge in [-0.3, -0.25) is 0 Å². The molecule has 0 bridgehead atoms. The first-order chi connectivity index (χ1) is 9.84. The number of H-pyrrole nitrogens is 1. The lowest BCUT2D eigenvalue weighted by Gasteiger charge is -2.01. The van der Waals surface area contributed by atoms with Crippen LogP contribution in [-0.4, -0.2) is 24.6 Å². The zero-order chi connectivity index (χ0) is 15.2. The monoisotopic (exact) mass is 302 g/mol. The van der Waals surface area contributed by atoms with Crippen molar-refractivity contribution in [1.82, 2.24) is 9.97 Å². The maximum absolute atomic E-state index is 11.8. The number of nitrogen functional groups attached to an aromatic ring is 2. The molecule has 1 aromatic heterocycles. The van der Waals surface area contributed by atoms with Crippen LogP contribution in [0.4, 0.5) is 11.4 Å². The van der Waals surface area contributed by atoms with Crippen molar-refractivity contribution in [2.45, 2.75) is 4.90 Å². The van der Waals surface area contributed by atoms with E-state index in [0.29, 0.717) is 33.8 Å². The highest BCUT2D eigenvalue weighted by atomic mass is 32.2. The van der Waals surface area contributed by atoms with E-state index in [1.165, 1.54) is 6.07 Å². The van der Waals surface area contributed by atoms with Gasteiger partial charge in [0.2, 0.25) is 0 Å².